The van der Waals surface area contributed by atoms with Crippen molar-refractivity contribution in [1.29, 1.82) is 0 Å². The van der Waals surface area contributed by atoms with Crippen molar-refractivity contribution < 1.29 is 33.1 Å². The number of rotatable bonds is 6. The fourth-order valence-electron chi connectivity index (χ4n) is 0.494. The van der Waals surface area contributed by atoms with Gasteiger partial charge in [-0.1, -0.05) is 0 Å². The van der Waals surface area contributed by atoms with E-state index in [-0.39, 0.29) is 0 Å². The van der Waals surface area contributed by atoms with Gasteiger partial charge in [-0.15, -0.1) is 9.05 Å². The van der Waals surface area contributed by atoms with Crippen molar-refractivity contribution in [2.24, 2.45) is 5.73 Å². The molecular weight excluding hydrogens is 224 g/mol. The zero-order valence-corrected chi connectivity index (χ0v) is 8.02. The standard InChI is InChI=1S/C3H7NO7P2/c4-2(5)1-3(10-12(6)7)11-13(8)9/h2-3,5H,1,4H2. The molecule has 0 spiro atoms. The Labute approximate surface area is 75.2 Å². The van der Waals surface area contributed by atoms with Gasteiger partial charge in [0.1, 0.15) is 6.23 Å². The highest BCUT2D eigenvalue weighted by atomic mass is 31.1. The minimum absolute atomic E-state index is 0.466. The molecule has 3 unspecified atom stereocenters. The summed E-state index contributed by atoms with van der Waals surface area (Å²) in [5, 5.41) is 8.57. The smallest absolute Gasteiger partial charge is 0.491 e. The van der Waals surface area contributed by atoms with E-state index in [1.165, 1.54) is 0 Å². The van der Waals surface area contributed by atoms with E-state index < -0.39 is 35.4 Å². The van der Waals surface area contributed by atoms with E-state index in [0.29, 0.717) is 0 Å². The molecule has 0 saturated carbocycles. The summed E-state index contributed by atoms with van der Waals surface area (Å²) in [6.45, 7) is 0. The lowest BCUT2D eigenvalue weighted by Gasteiger charge is -2.07. The quantitative estimate of drug-likeness (QED) is 0.396. The molecule has 0 saturated heterocycles. The first kappa shape index (κ1) is 13.0. The monoisotopic (exact) mass is 231 g/mol. The molecule has 0 aromatic rings. The Morgan fingerprint density at radius 3 is 1.92 bits per heavy atom. The van der Waals surface area contributed by atoms with Crippen LogP contribution in [-0.2, 0) is 18.2 Å². The van der Waals surface area contributed by atoms with Crippen LogP contribution in [0.5, 0.6) is 0 Å². The van der Waals surface area contributed by atoms with Crippen LogP contribution in [0.4, 0.5) is 0 Å². The topological polar surface area (TPSA) is 145 Å². The highest BCUT2D eigenvalue weighted by Crippen LogP contribution is 2.23. The fraction of sp³-hybridized carbons (Fsp3) is 1.00. The van der Waals surface area contributed by atoms with Gasteiger partial charge in [0.25, 0.3) is 6.29 Å². The van der Waals surface area contributed by atoms with E-state index in [1.54, 1.807) is 0 Å². The lowest BCUT2D eigenvalue weighted by molar-refractivity contribution is -0.217. The normalized spacial score (nSPS) is 17.8. The number of hydrogen-bond donors (Lipinski definition) is 2. The minimum Gasteiger partial charge on any atom is -0.566 e. The molecule has 3 atom stereocenters. The zero-order chi connectivity index (χ0) is 10.4. The van der Waals surface area contributed by atoms with Crippen LogP contribution in [-0.4, -0.2) is 17.6 Å². The van der Waals surface area contributed by atoms with Gasteiger partial charge in [0, 0.05) is 6.42 Å². The summed E-state index contributed by atoms with van der Waals surface area (Å²) in [5.41, 5.74) is 4.85. The summed E-state index contributed by atoms with van der Waals surface area (Å²) in [7, 11) is -6.52. The molecule has 0 radical (unpaired) electrons. The molecular formula is C3H7NO7P2. The molecule has 0 aromatic heterocycles. The average Bonchev–Trinajstić information content (AvgIpc) is 1.80. The van der Waals surface area contributed by atoms with E-state index in [1.807, 2.05) is 0 Å². The molecule has 0 aromatic carbocycles. The van der Waals surface area contributed by atoms with Crippen molar-refractivity contribution in [2.45, 2.75) is 18.9 Å². The van der Waals surface area contributed by atoms with Crippen molar-refractivity contribution in [1.82, 2.24) is 0 Å². The van der Waals surface area contributed by atoms with Crippen LogP contribution in [0.15, 0.2) is 0 Å². The zero-order valence-electron chi connectivity index (χ0n) is 6.23. The van der Waals surface area contributed by atoms with Crippen LogP contribution in [0.1, 0.15) is 6.42 Å². The maximum atomic E-state index is 9.99. The predicted molar refractivity (Wildman–Crippen MR) is 36.0 cm³/mol. The Hall–Kier alpha value is -0.0400. The van der Waals surface area contributed by atoms with E-state index >= 15 is 0 Å². The number of nitrogens with two attached hydrogens (primary N) is 1. The third-order valence-corrected chi connectivity index (χ3v) is 1.66. The molecule has 0 fully saturated rings. The molecule has 0 amide bonds. The molecule has 10 heteroatoms. The maximum Gasteiger partial charge on any atom is 0.491 e. The molecule has 3 N–H and O–H groups in total. The molecule has 8 nitrogen and oxygen atoms in total. The third kappa shape index (κ3) is 8.29. The van der Waals surface area contributed by atoms with Crippen molar-refractivity contribution in [2.75, 3.05) is 0 Å². The Kier molecular flexibility index (Phi) is 6.40. The molecule has 76 valence electrons. The minimum atomic E-state index is -3.26. The van der Waals surface area contributed by atoms with Gasteiger partial charge < -0.3 is 20.6 Å². The Bertz CT molecular complexity index is 180. The average molecular weight is 231 g/mol. The van der Waals surface area contributed by atoms with Gasteiger partial charge in [0.05, 0.1) is 0 Å². The lowest BCUT2D eigenvalue weighted by atomic mass is 10.4. The van der Waals surface area contributed by atoms with Gasteiger partial charge in [-0.2, -0.15) is 0 Å². The lowest BCUT2D eigenvalue weighted by Crippen LogP contribution is -2.27. The second-order valence-corrected chi connectivity index (χ2v) is 3.21. The molecule has 0 aliphatic heterocycles. The Morgan fingerprint density at radius 1 is 1.31 bits per heavy atom. The third-order valence-electron chi connectivity index (χ3n) is 0.841. The molecule has 0 aliphatic carbocycles. The summed E-state index contributed by atoms with van der Waals surface area (Å²) in [4.78, 5) is 20.0. The van der Waals surface area contributed by atoms with E-state index in [0.717, 1.165) is 0 Å². The van der Waals surface area contributed by atoms with Gasteiger partial charge in [0.15, 0.2) is 0 Å². The van der Waals surface area contributed by atoms with Gasteiger partial charge in [-0.3, -0.25) is 0 Å². The molecule has 0 heterocycles. The molecule has 13 heavy (non-hydrogen) atoms. The van der Waals surface area contributed by atoms with E-state index in [4.69, 9.17) is 10.8 Å². The van der Waals surface area contributed by atoms with Crippen LogP contribution < -0.4 is 15.5 Å². The number of hydrogen-bond acceptors (Lipinski definition) is 8. The molecule has 0 bridgehead atoms. The van der Waals surface area contributed by atoms with E-state index in [9.17, 15) is 18.9 Å². The Morgan fingerprint density at radius 2 is 1.69 bits per heavy atom. The summed E-state index contributed by atoms with van der Waals surface area (Å²) >= 11 is 0. The summed E-state index contributed by atoms with van der Waals surface area (Å²) < 4.78 is 27.9. The van der Waals surface area contributed by atoms with Gasteiger partial charge >= 0.3 is 16.5 Å². The highest BCUT2D eigenvalue weighted by molar-refractivity contribution is 7.31. The summed E-state index contributed by atoms with van der Waals surface area (Å²) in [6, 6.07) is 0. The van der Waals surface area contributed by atoms with Crippen molar-refractivity contribution in [3.8, 4) is 0 Å². The predicted octanol–water partition coefficient (Wildman–Crippen LogP) is -1.95. The maximum absolute atomic E-state index is 9.99. The molecule has 0 rings (SSSR count). The summed E-state index contributed by atoms with van der Waals surface area (Å²) in [5.74, 6) is 0. The van der Waals surface area contributed by atoms with Gasteiger partial charge in [-0.25, -0.2) is 0 Å². The van der Waals surface area contributed by atoms with Crippen LogP contribution in [0, 0.1) is 0 Å². The van der Waals surface area contributed by atoms with Crippen LogP contribution >= 0.6 is 16.5 Å². The highest BCUT2D eigenvalue weighted by Gasteiger charge is 2.26. The van der Waals surface area contributed by atoms with Gasteiger partial charge in [0.2, 0.25) is 0 Å². The fourth-order valence-corrected chi connectivity index (χ4v) is 1.20. The van der Waals surface area contributed by atoms with Crippen LogP contribution in [0.2, 0.25) is 0 Å². The number of aliphatic hydroxyl groups is 1. The number of aliphatic hydroxyl groups excluding tert-OH is 1. The second kappa shape index (κ2) is 6.42. The van der Waals surface area contributed by atoms with Crippen LogP contribution in [0.3, 0.4) is 0 Å². The summed E-state index contributed by atoms with van der Waals surface area (Å²) in [6.07, 6.45) is -3.50. The van der Waals surface area contributed by atoms with Crippen molar-refractivity contribution in [3.63, 3.8) is 0 Å². The Balaban J connectivity index is 4.02. The first-order valence-electron chi connectivity index (χ1n) is 2.97. The van der Waals surface area contributed by atoms with E-state index in [2.05, 4.69) is 9.05 Å². The molecule has 0 aliphatic rings. The first-order chi connectivity index (χ1) is 5.91. The SMILES string of the molecule is NC(O)CC(O[P+](=O)[O-])O[P+](=O)[O-]. The van der Waals surface area contributed by atoms with Gasteiger partial charge in [-0.05, 0) is 9.13 Å². The van der Waals surface area contributed by atoms with Crippen LogP contribution in [0.25, 0.3) is 0 Å². The largest absolute Gasteiger partial charge is 0.566 e. The first-order valence-corrected chi connectivity index (χ1v) is 5.17. The second-order valence-electron chi connectivity index (χ2n) is 1.89. The van der Waals surface area contributed by atoms with Crippen molar-refractivity contribution >= 4 is 16.5 Å². The van der Waals surface area contributed by atoms with Crippen molar-refractivity contribution in [3.05, 3.63) is 0 Å².